The first-order valence-electron chi connectivity index (χ1n) is 8.56. The highest BCUT2D eigenvalue weighted by Crippen LogP contribution is 2.07. The molecule has 0 saturated carbocycles. The molecule has 1 heterocycles. The molecule has 1 aromatic rings. The summed E-state index contributed by atoms with van der Waals surface area (Å²) < 4.78 is 5.22. The molecule has 0 aliphatic rings. The average molecular weight is 350 g/mol. The predicted octanol–water partition coefficient (Wildman–Crippen LogP) is 2.82. The molecule has 0 aliphatic heterocycles. The van der Waals surface area contributed by atoms with Crippen LogP contribution in [0, 0.1) is 5.92 Å². The first kappa shape index (κ1) is 20.7. The van der Waals surface area contributed by atoms with Gasteiger partial charge in [-0.1, -0.05) is 13.8 Å². The Kier molecular flexibility index (Phi) is 8.18. The van der Waals surface area contributed by atoms with E-state index >= 15 is 0 Å². The van der Waals surface area contributed by atoms with Crippen LogP contribution >= 0.6 is 0 Å². The van der Waals surface area contributed by atoms with E-state index in [4.69, 9.17) is 4.74 Å². The minimum absolute atomic E-state index is 0.176. The maximum Gasteiger partial charge on any atom is 0.407 e. The number of hydrogen-bond acceptors (Lipinski definition) is 4. The third-order valence-corrected chi connectivity index (χ3v) is 3.19. The number of pyridine rings is 1. The molecule has 0 saturated heterocycles. The van der Waals surface area contributed by atoms with Crippen molar-refractivity contribution in [2.24, 2.45) is 5.92 Å². The molecule has 3 N–H and O–H groups in total. The van der Waals surface area contributed by atoms with E-state index in [0.717, 1.165) is 12.0 Å². The summed E-state index contributed by atoms with van der Waals surface area (Å²) in [6, 6.07) is 3.24. The van der Waals surface area contributed by atoms with Crippen LogP contribution in [0.4, 0.5) is 9.59 Å². The molecule has 0 spiro atoms. The van der Waals surface area contributed by atoms with Gasteiger partial charge in [-0.15, -0.1) is 0 Å². The molecule has 0 aliphatic carbocycles. The Balaban J connectivity index is 2.45. The van der Waals surface area contributed by atoms with E-state index in [0.29, 0.717) is 19.0 Å². The molecular formula is C18H30N4O3. The van der Waals surface area contributed by atoms with Crippen molar-refractivity contribution in [3.8, 4) is 0 Å². The Morgan fingerprint density at radius 3 is 2.36 bits per heavy atom. The van der Waals surface area contributed by atoms with Crippen molar-refractivity contribution in [3.63, 3.8) is 0 Å². The van der Waals surface area contributed by atoms with Gasteiger partial charge in [-0.3, -0.25) is 4.98 Å². The normalized spacial score (nSPS) is 12.4. The molecule has 1 aromatic heterocycles. The lowest BCUT2D eigenvalue weighted by atomic mass is 10.0. The second-order valence-electron chi connectivity index (χ2n) is 7.39. The number of urea groups is 1. The molecule has 0 radical (unpaired) electrons. The lowest BCUT2D eigenvalue weighted by molar-refractivity contribution is 0.0521. The summed E-state index contributed by atoms with van der Waals surface area (Å²) in [7, 11) is 0. The first-order valence-corrected chi connectivity index (χ1v) is 8.56. The molecule has 0 bridgehead atoms. The Bertz CT molecular complexity index is 541. The van der Waals surface area contributed by atoms with Crippen LogP contribution in [0.15, 0.2) is 24.5 Å². The average Bonchev–Trinajstić information content (AvgIpc) is 2.49. The highest BCUT2D eigenvalue weighted by Gasteiger charge is 2.19. The van der Waals surface area contributed by atoms with Crippen LogP contribution in [0.25, 0.3) is 0 Å². The highest BCUT2D eigenvalue weighted by atomic mass is 16.6. The van der Waals surface area contributed by atoms with Crippen molar-refractivity contribution in [2.75, 3.05) is 6.54 Å². The number of nitrogens with zero attached hydrogens (tertiary/aromatic N) is 1. The Morgan fingerprint density at radius 2 is 1.80 bits per heavy atom. The zero-order valence-corrected chi connectivity index (χ0v) is 15.8. The van der Waals surface area contributed by atoms with Crippen molar-refractivity contribution in [1.82, 2.24) is 20.9 Å². The summed E-state index contributed by atoms with van der Waals surface area (Å²) in [5.74, 6) is 0.380. The number of rotatable bonds is 7. The van der Waals surface area contributed by atoms with Gasteiger partial charge in [-0.05, 0) is 50.8 Å². The minimum Gasteiger partial charge on any atom is -0.444 e. The predicted molar refractivity (Wildman–Crippen MR) is 97.1 cm³/mol. The first-order chi connectivity index (χ1) is 11.7. The van der Waals surface area contributed by atoms with Gasteiger partial charge in [0, 0.05) is 31.5 Å². The van der Waals surface area contributed by atoms with Gasteiger partial charge in [-0.25, -0.2) is 9.59 Å². The van der Waals surface area contributed by atoms with E-state index in [2.05, 4.69) is 34.8 Å². The standard InChI is InChI=1S/C18H30N4O3/c1-13(2)10-15(12-21-17(24)25-18(3,4)5)22-16(23)20-11-14-6-8-19-9-7-14/h6-9,13,15H,10-12H2,1-5H3,(H,21,24)(H2,20,22,23). The van der Waals surface area contributed by atoms with Gasteiger partial charge in [0.15, 0.2) is 0 Å². The topological polar surface area (TPSA) is 92.4 Å². The number of alkyl carbamates (subject to hydrolysis) is 1. The molecule has 0 fully saturated rings. The molecule has 3 amide bonds. The molecular weight excluding hydrogens is 320 g/mol. The Morgan fingerprint density at radius 1 is 1.16 bits per heavy atom. The molecule has 140 valence electrons. The molecule has 0 aromatic carbocycles. The molecule has 7 heteroatoms. The van der Waals surface area contributed by atoms with Crippen LogP contribution in [-0.4, -0.2) is 35.3 Å². The van der Waals surface area contributed by atoms with Crippen LogP contribution < -0.4 is 16.0 Å². The van der Waals surface area contributed by atoms with E-state index in [-0.39, 0.29) is 12.1 Å². The summed E-state index contributed by atoms with van der Waals surface area (Å²) in [5.41, 5.74) is 0.421. The van der Waals surface area contributed by atoms with E-state index in [1.54, 1.807) is 12.4 Å². The van der Waals surface area contributed by atoms with Crippen molar-refractivity contribution in [3.05, 3.63) is 30.1 Å². The van der Waals surface area contributed by atoms with E-state index < -0.39 is 11.7 Å². The van der Waals surface area contributed by atoms with Crippen LogP contribution in [-0.2, 0) is 11.3 Å². The van der Waals surface area contributed by atoms with Gasteiger partial charge in [0.05, 0.1) is 0 Å². The van der Waals surface area contributed by atoms with E-state index in [1.165, 1.54) is 0 Å². The number of amides is 3. The fourth-order valence-electron chi connectivity index (χ4n) is 2.20. The number of aromatic nitrogens is 1. The third-order valence-electron chi connectivity index (χ3n) is 3.19. The van der Waals surface area contributed by atoms with E-state index in [9.17, 15) is 9.59 Å². The molecule has 25 heavy (non-hydrogen) atoms. The van der Waals surface area contributed by atoms with Crippen molar-refractivity contribution < 1.29 is 14.3 Å². The number of hydrogen-bond donors (Lipinski definition) is 3. The largest absolute Gasteiger partial charge is 0.444 e. The summed E-state index contributed by atoms with van der Waals surface area (Å²) in [6.45, 7) is 10.3. The lowest BCUT2D eigenvalue weighted by Crippen LogP contribution is -2.48. The summed E-state index contributed by atoms with van der Waals surface area (Å²) in [6.07, 6.45) is 3.63. The van der Waals surface area contributed by atoms with Gasteiger partial charge in [-0.2, -0.15) is 0 Å². The number of ether oxygens (including phenoxy) is 1. The maximum atomic E-state index is 12.1. The summed E-state index contributed by atoms with van der Waals surface area (Å²) in [4.78, 5) is 27.8. The molecule has 1 atom stereocenters. The lowest BCUT2D eigenvalue weighted by Gasteiger charge is -2.23. The summed E-state index contributed by atoms with van der Waals surface area (Å²) in [5, 5.41) is 8.42. The number of carbonyl (C=O) groups excluding carboxylic acids is 2. The van der Waals surface area contributed by atoms with Crippen molar-refractivity contribution in [1.29, 1.82) is 0 Å². The highest BCUT2D eigenvalue weighted by molar-refractivity contribution is 5.74. The fourth-order valence-corrected chi connectivity index (χ4v) is 2.20. The molecule has 1 unspecified atom stereocenters. The van der Waals surface area contributed by atoms with Gasteiger partial charge in [0.2, 0.25) is 0 Å². The van der Waals surface area contributed by atoms with Gasteiger partial charge in [0.1, 0.15) is 5.60 Å². The SMILES string of the molecule is CC(C)CC(CNC(=O)OC(C)(C)C)NC(=O)NCc1ccncc1. The van der Waals surface area contributed by atoms with E-state index in [1.807, 2.05) is 32.9 Å². The van der Waals surface area contributed by atoms with Crippen LogP contribution in [0.2, 0.25) is 0 Å². The van der Waals surface area contributed by atoms with Crippen LogP contribution in [0.5, 0.6) is 0 Å². The zero-order valence-electron chi connectivity index (χ0n) is 15.8. The second-order valence-corrected chi connectivity index (χ2v) is 7.39. The third kappa shape index (κ3) is 10.2. The summed E-state index contributed by atoms with van der Waals surface area (Å²) >= 11 is 0. The monoisotopic (exact) mass is 350 g/mol. The number of carbonyl (C=O) groups is 2. The minimum atomic E-state index is -0.549. The smallest absolute Gasteiger partial charge is 0.407 e. The van der Waals surface area contributed by atoms with Gasteiger partial charge >= 0.3 is 12.1 Å². The van der Waals surface area contributed by atoms with Gasteiger partial charge in [0.25, 0.3) is 0 Å². The second kappa shape index (κ2) is 9.86. The Hall–Kier alpha value is -2.31. The van der Waals surface area contributed by atoms with Crippen molar-refractivity contribution >= 4 is 12.1 Å². The van der Waals surface area contributed by atoms with Gasteiger partial charge < -0.3 is 20.7 Å². The number of nitrogens with one attached hydrogen (secondary N) is 3. The maximum absolute atomic E-state index is 12.1. The Labute approximate surface area is 149 Å². The zero-order chi connectivity index (χ0) is 18.9. The van der Waals surface area contributed by atoms with Crippen molar-refractivity contribution in [2.45, 2.75) is 59.2 Å². The molecule has 7 nitrogen and oxygen atoms in total. The van der Waals surface area contributed by atoms with Crippen LogP contribution in [0.3, 0.4) is 0 Å². The quantitative estimate of drug-likeness (QED) is 0.705. The van der Waals surface area contributed by atoms with Crippen LogP contribution in [0.1, 0.15) is 46.6 Å². The molecule has 1 rings (SSSR count). The fraction of sp³-hybridized carbons (Fsp3) is 0.611.